The summed E-state index contributed by atoms with van der Waals surface area (Å²) in [6, 6.07) is 67.5. The molecule has 0 aliphatic heterocycles. The first-order valence-corrected chi connectivity index (χ1v) is 31.1. The molecular formula is C74H52ClFN16O12. The number of aromatic nitrogens is 8. The van der Waals surface area contributed by atoms with Crippen LogP contribution in [0.3, 0.4) is 0 Å². The summed E-state index contributed by atoms with van der Waals surface area (Å²) in [6.45, 7) is 0. The van der Waals surface area contributed by atoms with Gasteiger partial charge in [0, 0.05) is 99.1 Å². The fourth-order valence-corrected chi connectivity index (χ4v) is 10.1. The maximum atomic E-state index is 12.9. The van der Waals surface area contributed by atoms with Gasteiger partial charge in [-0.1, -0.05) is 90.5 Å². The molecule has 0 aliphatic rings. The summed E-state index contributed by atoms with van der Waals surface area (Å²) in [7, 11) is 0. The van der Waals surface area contributed by atoms with Crippen molar-refractivity contribution in [1.82, 2.24) is 39.9 Å². The highest BCUT2D eigenvalue weighted by atomic mass is 35.5. The molecule has 0 amide bonds. The van der Waals surface area contributed by atoms with Gasteiger partial charge in [-0.05, 0) is 161 Å². The Morgan fingerprint density at radius 2 is 0.644 bits per heavy atom. The predicted molar refractivity (Wildman–Crippen MR) is 390 cm³/mol. The van der Waals surface area contributed by atoms with Gasteiger partial charge in [-0.3, -0.25) is 40.5 Å². The number of phenolic OH excluding ortho intramolecular Hbond substituents is 4. The molecule has 28 nitrogen and oxygen atoms in total. The van der Waals surface area contributed by atoms with Crippen molar-refractivity contribution >= 4 is 91.7 Å². The Morgan fingerprint density at radius 1 is 0.308 bits per heavy atom. The number of halogens is 2. The zero-order chi connectivity index (χ0) is 73.2. The van der Waals surface area contributed by atoms with Gasteiger partial charge in [0.2, 0.25) is 23.8 Å². The molecular weight excluding hydrogens is 1360 g/mol. The smallest absolute Gasteiger partial charge is 0.311 e. The lowest BCUT2D eigenvalue weighted by Gasteiger charge is -2.09. The van der Waals surface area contributed by atoms with Crippen molar-refractivity contribution in [2.24, 2.45) is 0 Å². The van der Waals surface area contributed by atoms with E-state index in [0.717, 1.165) is 39.0 Å². The van der Waals surface area contributed by atoms with Crippen molar-refractivity contribution in [3.63, 3.8) is 0 Å². The average Bonchev–Trinajstić information content (AvgIpc) is 0.841. The molecule has 30 heteroatoms. The molecule has 4 heterocycles. The zero-order valence-electron chi connectivity index (χ0n) is 53.6. The lowest BCUT2D eigenvalue weighted by molar-refractivity contribution is -0.385. The van der Waals surface area contributed by atoms with Crippen LogP contribution in [0.4, 0.5) is 73.7 Å². The van der Waals surface area contributed by atoms with E-state index < -0.39 is 36.9 Å². The number of nitro benzene ring substituents is 4. The van der Waals surface area contributed by atoms with Gasteiger partial charge in [0.25, 0.3) is 0 Å². The van der Waals surface area contributed by atoms with Crippen LogP contribution in [0, 0.1) is 46.3 Å². The summed E-state index contributed by atoms with van der Waals surface area (Å²) in [5, 5.41) is 97.2. The molecule has 4 aromatic heterocycles. The van der Waals surface area contributed by atoms with Crippen molar-refractivity contribution in [2.45, 2.75) is 0 Å². The Hall–Kier alpha value is -15.0. The van der Waals surface area contributed by atoms with E-state index in [2.05, 4.69) is 61.1 Å². The van der Waals surface area contributed by atoms with Crippen LogP contribution in [-0.2, 0) is 0 Å². The highest BCUT2D eigenvalue weighted by Crippen LogP contribution is 2.36. The highest BCUT2D eigenvalue weighted by Gasteiger charge is 2.20. The monoisotopic (exact) mass is 1410 g/mol. The Balaban J connectivity index is 0.000000139. The van der Waals surface area contributed by atoms with Gasteiger partial charge in [-0.25, -0.2) is 44.3 Å². The molecule has 0 bridgehead atoms. The fraction of sp³-hybridized carbons (Fsp3) is 0. The van der Waals surface area contributed by atoms with E-state index in [1.807, 2.05) is 103 Å². The summed E-state index contributed by atoms with van der Waals surface area (Å²) in [5.74, 6) is -0.609. The molecule has 0 fully saturated rings. The van der Waals surface area contributed by atoms with Gasteiger partial charge in [0.15, 0.2) is 23.0 Å². The first-order valence-electron chi connectivity index (χ1n) is 30.7. The third-order valence-electron chi connectivity index (χ3n) is 14.9. The van der Waals surface area contributed by atoms with Crippen LogP contribution in [0.5, 0.6) is 23.0 Å². The van der Waals surface area contributed by atoms with E-state index in [4.69, 9.17) is 11.6 Å². The van der Waals surface area contributed by atoms with Gasteiger partial charge < -0.3 is 41.7 Å². The van der Waals surface area contributed by atoms with Crippen LogP contribution >= 0.6 is 11.6 Å². The van der Waals surface area contributed by atoms with Crippen LogP contribution < -0.4 is 21.3 Å². The number of aromatic hydroxyl groups is 4. The molecule has 0 radical (unpaired) electrons. The van der Waals surface area contributed by atoms with Crippen molar-refractivity contribution in [3.8, 4) is 79.2 Å². The Labute approximate surface area is 592 Å². The molecule has 104 heavy (non-hydrogen) atoms. The lowest BCUT2D eigenvalue weighted by Crippen LogP contribution is -1.98. The van der Waals surface area contributed by atoms with Crippen LogP contribution in [0.25, 0.3) is 66.9 Å². The Morgan fingerprint density at radius 3 is 1.04 bits per heavy atom. The second kappa shape index (κ2) is 32.6. The quantitative estimate of drug-likeness (QED) is 0.0310. The minimum atomic E-state index is -0.669. The van der Waals surface area contributed by atoms with Crippen molar-refractivity contribution in [1.29, 1.82) is 0 Å². The van der Waals surface area contributed by atoms with E-state index in [-0.39, 0.29) is 40.3 Å². The third-order valence-corrected chi connectivity index (χ3v) is 15.1. The number of hydrogen-bond acceptors (Lipinski definition) is 24. The van der Waals surface area contributed by atoms with Crippen LogP contribution in [0.15, 0.2) is 267 Å². The second-order valence-electron chi connectivity index (χ2n) is 21.9. The molecule has 0 saturated carbocycles. The van der Waals surface area contributed by atoms with E-state index >= 15 is 0 Å². The van der Waals surface area contributed by atoms with E-state index in [1.54, 1.807) is 73.1 Å². The largest absolute Gasteiger partial charge is 0.502 e. The fourth-order valence-electron chi connectivity index (χ4n) is 9.92. The molecule has 0 unspecified atom stereocenters. The minimum Gasteiger partial charge on any atom is -0.502 e. The SMILES string of the molecule is O=[N+]([O-])c1cc(-c2ccnc(Nc3ccc(F)cc3)n2)ccc1O.O=[N+]([O-])c1cc(-c2ccnc(Nc3ccc4ccccc4c3)n2)ccc1O.O=[N+]([O-])c1cc(-c2ccnc(Nc3cccc(-c4ccccc4)c3)n2)ccc1O.O=[N+]([O-])c1cc(-c2ccnc(Nc3cccc(Cl)c3)n2)ccc1O. The topological polar surface area (TPSA) is 405 Å². The number of rotatable bonds is 17. The maximum absolute atomic E-state index is 12.9. The molecule has 0 spiro atoms. The van der Waals surface area contributed by atoms with Gasteiger partial charge in [0.1, 0.15) is 5.82 Å². The molecule has 14 aromatic rings. The summed E-state index contributed by atoms with van der Waals surface area (Å²) in [4.78, 5) is 75.4. The zero-order valence-corrected chi connectivity index (χ0v) is 54.3. The number of nitro groups is 4. The number of fused-ring (bicyclic) bond motifs is 1. The van der Waals surface area contributed by atoms with E-state index in [9.17, 15) is 65.3 Å². The number of nitrogens with zero attached hydrogens (tertiary/aromatic N) is 12. The van der Waals surface area contributed by atoms with Crippen molar-refractivity contribution < 1.29 is 44.5 Å². The summed E-state index contributed by atoms with van der Waals surface area (Å²) >= 11 is 5.93. The van der Waals surface area contributed by atoms with Crippen molar-refractivity contribution in [2.75, 3.05) is 21.3 Å². The lowest BCUT2D eigenvalue weighted by atomic mass is 10.1. The van der Waals surface area contributed by atoms with Crippen LogP contribution in [0.1, 0.15) is 0 Å². The Bertz CT molecular complexity index is 5500. The number of phenols is 4. The van der Waals surface area contributed by atoms with Gasteiger partial charge in [-0.15, -0.1) is 0 Å². The van der Waals surface area contributed by atoms with E-state index in [0.29, 0.717) is 73.6 Å². The van der Waals surface area contributed by atoms with Gasteiger partial charge in [-0.2, -0.15) is 0 Å². The first kappa shape index (κ1) is 70.3. The minimum absolute atomic E-state index is 0.259. The standard InChI is InChI=1S/C22H16N4O3.C20H14N4O3.C16H11ClN4O3.C16H11FN4O3/c27-21-10-9-17(14-20(21)26(28)29)19-11-12-23-22(25-19)24-18-8-4-7-16(13-18)15-5-2-1-3-6-15;25-19-8-6-15(12-18(19)24(26)27)17-9-10-21-20(23-17)22-16-7-5-13-3-1-2-4-14(13)11-16;17-11-2-1-3-12(9-11)19-16-18-7-6-13(20-16)10-4-5-15(22)14(8-10)21(23)24;17-11-2-4-12(5-3-11)19-16-18-8-7-13(20-16)10-1-6-15(22)14(9-10)21(23)24/h1-14,27H,(H,23,24,25);1-12,25H,(H,21,22,23);2*1-9,22H,(H,18,19,20). The number of nitrogens with one attached hydrogen (secondary N) is 4. The molecule has 0 aliphatic carbocycles. The van der Waals surface area contributed by atoms with Crippen LogP contribution in [-0.4, -0.2) is 80.0 Å². The molecule has 0 saturated heterocycles. The van der Waals surface area contributed by atoms with Gasteiger partial charge >= 0.3 is 22.7 Å². The van der Waals surface area contributed by atoms with E-state index in [1.165, 1.54) is 91.3 Å². The predicted octanol–water partition coefficient (Wildman–Crippen LogP) is 17.6. The summed E-state index contributed by atoms with van der Waals surface area (Å²) < 4.78 is 12.9. The first-order chi connectivity index (χ1) is 50.2. The van der Waals surface area contributed by atoms with Gasteiger partial charge in [0.05, 0.1) is 42.5 Å². The highest BCUT2D eigenvalue weighted by molar-refractivity contribution is 6.30. The third kappa shape index (κ3) is 18.4. The maximum Gasteiger partial charge on any atom is 0.311 e. The normalized spacial score (nSPS) is 10.5. The number of anilines is 8. The molecule has 0 atom stereocenters. The number of hydrogen-bond donors (Lipinski definition) is 8. The Kier molecular flexibility index (Phi) is 22.0. The molecule has 514 valence electrons. The second-order valence-corrected chi connectivity index (χ2v) is 22.4. The van der Waals surface area contributed by atoms with Crippen LogP contribution in [0.2, 0.25) is 5.02 Å². The molecule has 14 rings (SSSR count). The summed E-state index contributed by atoms with van der Waals surface area (Å²) in [6.07, 6.45) is 6.18. The summed E-state index contributed by atoms with van der Waals surface area (Å²) in [5.41, 5.74) is 7.54. The average molecular weight is 1410 g/mol. The number of benzene rings is 10. The molecule has 8 N–H and O–H groups in total. The van der Waals surface area contributed by atoms with Crippen molar-refractivity contribution in [3.05, 3.63) is 319 Å². The molecule has 10 aromatic carbocycles.